The van der Waals surface area contributed by atoms with E-state index >= 15 is 0 Å². The van der Waals surface area contributed by atoms with E-state index in [9.17, 15) is 14.0 Å². The molecule has 0 aliphatic carbocycles. The largest absolute Gasteiger partial charge is 0.336 e. The summed E-state index contributed by atoms with van der Waals surface area (Å²) in [6, 6.07) is 19.6. The molecule has 2 amide bonds. The van der Waals surface area contributed by atoms with Crippen LogP contribution in [0.2, 0.25) is 0 Å². The minimum absolute atomic E-state index is 0.0257. The molecule has 0 unspecified atom stereocenters. The maximum absolute atomic E-state index is 14.6. The number of hydrogen-bond acceptors (Lipinski definition) is 3. The number of rotatable bonds is 3. The third-order valence-electron chi connectivity index (χ3n) is 5.96. The van der Waals surface area contributed by atoms with Crippen LogP contribution in [0, 0.1) is 19.7 Å². The van der Waals surface area contributed by atoms with Crippen LogP contribution in [-0.2, 0) is 16.0 Å². The quantitative estimate of drug-likeness (QED) is 0.581. The second-order valence-electron chi connectivity index (χ2n) is 7.97. The van der Waals surface area contributed by atoms with E-state index in [0.717, 1.165) is 33.7 Å². The molecule has 2 heterocycles. The smallest absolute Gasteiger partial charge is 0.282 e. The highest BCUT2D eigenvalue weighted by Crippen LogP contribution is 2.41. The van der Waals surface area contributed by atoms with E-state index in [1.54, 1.807) is 12.1 Å². The molecule has 31 heavy (non-hydrogen) atoms. The maximum Gasteiger partial charge on any atom is 0.282 e. The number of fused-ring (bicyclic) bond motifs is 1. The minimum Gasteiger partial charge on any atom is -0.336 e. The van der Waals surface area contributed by atoms with Gasteiger partial charge in [0.1, 0.15) is 11.5 Å². The molecule has 0 saturated carbocycles. The lowest BCUT2D eigenvalue weighted by atomic mass is 9.97. The second kappa shape index (κ2) is 7.20. The molecule has 3 aromatic rings. The summed E-state index contributed by atoms with van der Waals surface area (Å²) in [6.45, 7) is 4.50. The lowest BCUT2D eigenvalue weighted by Gasteiger charge is -2.22. The number of amides is 2. The Morgan fingerprint density at radius 2 is 1.55 bits per heavy atom. The van der Waals surface area contributed by atoms with Crippen molar-refractivity contribution in [2.45, 2.75) is 20.3 Å². The summed E-state index contributed by atoms with van der Waals surface area (Å²) >= 11 is 0. The van der Waals surface area contributed by atoms with Crippen LogP contribution in [0.3, 0.4) is 0 Å². The van der Waals surface area contributed by atoms with Crippen LogP contribution < -0.4 is 9.80 Å². The van der Waals surface area contributed by atoms with Crippen LogP contribution in [0.1, 0.15) is 22.3 Å². The number of anilines is 2. The van der Waals surface area contributed by atoms with Crippen LogP contribution in [0.25, 0.3) is 5.57 Å². The van der Waals surface area contributed by atoms with Crippen LogP contribution >= 0.6 is 0 Å². The number of nitrogens with zero attached hydrogens (tertiary/aromatic N) is 2. The molecular weight excluding hydrogens is 391 g/mol. The molecular formula is C26H21FN2O2. The summed E-state index contributed by atoms with van der Waals surface area (Å²) in [5.74, 6) is -1.60. The molecule has 154 valence electrons. The first-order valence-electron chi connectivity index (χ1n) is 10.3. The lowest BCUT2D eigenvalue weighted by molar-refractivity contribution is -0.120. The second-order valence-corrected chi connectivity index (χ2v) is 7.97. The lowest BCUT2D eigenvalue weighted by Crippen LogP contribution is -2.35. The van der Waals surface area contributed by atoms with E-state index in [2.05, 4.69) is 0 Å². The van der Waals surface area contributed by atoms with E-state index in [0.29, 0.717) is 23.4 Å². The zero-order chi connectivity index (χ0) is 21.7. The third-order valence-corrected chi connectivity index (χ3v) is 5.96. The van der Waals surface area contributed by atoms with Gasteiger partial charge in [0.05, 0.1) is 11.3 Å². The van der Waals surface area contributed by atoms with Gasteiger partial charge in [0.15, 0.2) is 0 Å². The molecule has 0 fully saturated rings. The summed E-state index contributed by atoms with van der Waals surface area (Å²) in [5.41, 5.74) is 5.31. The van der Waals surface area contributed by atoms with E-state index in [1.807, 2.05) is 61.2 Å². The average molecular weight is 412 g/mol. The van der Waals surface area contributed by atoms with Gasteiger partial charge in [-0.1, -0.05) is 54.1 Å². The minimum atomic E-state index is -0.604. The van der Waals surface area contributed by atoms with Gasteiger partial charge in [0.25, 0.3) is 11.8 Å². The van der Waals surface area contributed by atoms with Crippen molar-refractivity contribution in [3.05, 3.63) is 100 Å². The number of benzene rings is 3. The Morgan fingerprint density at radius 3 is 2.29 bits per heavy atom. The first-order chi connectivity index (χ1) is 15.0. The zero-order valence-electron chi connectivity index (χ0n) is 17.4. The van der Waals surface area contributed by atoms with Gasteiger partial charge in [0, 0.05) is 12.2 Å². The molecule has 5 heteroatoms. The molecule has 3 aromatic carbocycles. The zero-order valence-corrected chi connectivity index (χ0v) is 17.4. The molecule has 0 radical (unpaired) electrons. The molecule has 0 atom stereocenters. The molecule has 2 aliphatic rings. The summed E-state index contributed by atoms with van der Waals surface area (Å²) < 4.78 is 14.6. The Bertz CT molecular complexity index is 1280. The summed E-state index contributed by atoms with van der Waals surface area (Å²) in [6.07, 6.45) is 0.779. The molecule has 0 saturated heterocycles. The fourth-order valence-corrected chi connectivity index (χ4v) is 4.53. The number of imide groups is 1. The summed E-state index contributed by atoms with van der Waals surface area (Å²) in [5, 5.41) is 0. The third kappa shape index (κ3) is 2.96. The van der Waals surface area contributed by atoms with Gasteiger partial charge in [-0.2, -0.15) is 0 Å². The molecule has 0 spiro atoms. The maximum atomic E-state index is 14.6. The number of halogens is 1. The standard InChI is InChI=1S/C26H21FN2O2/c1-16-11-12-19(17(2)15-16)23-24(28-14-13-18-7-3-5-9-21(18)28)26(31)29(25(23)30)22-10-6-4-8-20(22)27/h3-12,15H,13-14H2,1-2H3. The van der Waals surface area contributed by atoms with Crippen LogP contribution in [0.5, 0.6) is 0 Å². The van der Waals surface area contributed by atoms with Gasteiger partial charge in [-0.15, -0.1) is 0 Å². The predicted octanol–water partition coefficient (Wildman–Crippen LogP) is 4.79. The highest BCUT2D eigenvalue weighted by Gasteiger charge is 2.45. The Morgan fingerprint density at radius 1 is 0.839 bits per heavy atom. The van der Waals surface area contributed by atoms with Crippen molar-refractivity contribution in [1.29, 1.82) is 0 Å². The van der Waals surface area contributed by atoms with E-state index in [-0.39, 0.29) is 5.69 Å². The Kier molecular flexibility index (Phi) is 4.47. The van der Waals surface area contributed by atoms with Crippen molar-refractivity contribution < 1.29 is 14.0 Å². The molecule has 0 aromatic heterocycles. The molecule has 4 nitrogen and oxygen atoms in total. The van der Waals surface area contributed by atoms with Crippen molar-refractivity contribution in [3.63, 3.8) is 0 Å². The monoisotopic (exact) mass is 412 g/mol. The Labute approximate surface area is 180 Å². The van der Waals surface area contributed by atoms with Crippen LogP contribution in [0.15, 0.2) is 72.4 Å². The van der Waals surface area contributed by atoms with Crippen molar-refractivity contribution in [2.24, 2.45) is 0 Å². The fourth-order valence-electron chi connectivity index (χ4n) is 4.53. The number of aryl methyl sites for hydroxylation is 2. The van der Waals surface area contributed by atoms with Gasteiger partial charge in [0.2, 0.25) is 0 Å². The first kappa shape index (κ1) is 19.2. The van der Waals surface area contributed by atoms with E-state index < -0.39 is 17.6 Å². The van der Waals surface area contributed by atoms with Crippen molar-refractivity contribution in [3.8, 4) is 0 Å². The Balaban J connectivity index is 1.73. The van der Waals surface area contributed by atoms with Crippen molar-refractivity contribution in [1.82, 2.24) is 0 Å². The van der Waals surface area contributed by atoms with Gasteiger partial charge >= 0.3 is 0 Å². The highest BCUT2D eigenvalue weighted by molar-refractivity contribution is 6.46. The van der Waals surface area contributed by atoms with Gasteiger partial charge in [-0.25, -0.2) is 9.29 Å². The van der Waals surface area contributed by atoms with E-state index in [1.165, 1.54) is 12.1 Å². The SMILES string of the molecule is Cc1ccc(C2=C(N3CCc4ccccc43)C(=O)N(c3ccccc3F)C2=O)c(C)c1. The average Bonchev–Trinajstić information content (AvgIpc) is 3.27. The highest BCUT2D eigenvalue weighted by atomic mass is 19.1. The van der Waals surface area contributed by atoms with Crippen molar-refractivity contribution >= 4 is 28.8 Å². The van der Waals surface area contributed by atoms with Crippen LogP contribution in [0.4, 0.5) is 15.8 Å². The van der Waals surface area contributed by atoms with E-state index in [4.69, 9.17) is 0 Å². The number of carbonyl (C=O) groups is 2. The molecule has 5 rings (SSSR count). The molecule has 0 N–H and O–H groups in total. The summed E-state index contributed by atoms with van der Waals surface area (Å²) in [7, 11) is 0. The Hall–Kier alpha value is -3.73. The number of para-hydroxylation sites is 2. The van der Waals surface area contributed by atoms with Crippen LogP contribution in [-0.4, -0.2) is 18.4 Å². The van der Waals surface area contributed by atoms with Gasteiger partial charge < -0.3 is 4.90 Å². The topological polar surface area (TPSA) is 40.6 Å². The van der Waals surface area contributed by atoms with Gasteiger partial charge in [-0.3, -0.25) is 9.59 Å². The first-order valence-corrected chi connectivity index (χ1v) is 10.3. The van der Waals surface area contributed by atoms with Gasteiger partial charge in [-0.05, 0) is 55.2 Å². The van der Waals surface area contributed by atoms with Crippen molar-refractivity contribution in [2.75, 3.05) is 16.3 Å². The number of hydrogen-bond donors (Lipinski definition) is 0. The number of carbonyl (C=O) groups excluding carboxylic acids is 2. The molecule has 2 aliphatic heterocycles. The predicted molar refractivity (Wildman–Crippen MR) is 119 cm³/mol. The fraction of sp³-hybridized carbons (Fsp3) is 0.154. The molecule has 0 bridgehead atoms. The summed E-state index contributed by atoms with van der Waals surface area (Å²) in [4.78, 5) is 30.2. The normalized spacial score (nSPS) is 15.8.